The minimum atomic E-state index is -0.373. The minimum absolute atomic E-state index is 0.110. The molecule has 0 bridgehead atoms. The summed E-state index contributed by atoms with van der Waals surface area (Å²) in [5.41, 5.74) is 3.44. The molecule has 0 atom stereocenters. The van der Waals surface area contributed by atoms with Crippen molar-refractivity contribution in [3.63, 3.8) is 0 Å². The van der Waals surface area contributed by atoms with E-state index in [2.05, 4.69) is 26.3 Å². The molecule has 1 heterocycles. The molecule has 2 aromatic rings. The van der Waals surface area contributed by atoms with Crippen LogP contribution >= 0.6 is 15.9 Å². The standard InChI is InChI=1S/C13H15BrN4O2/c1-8-4-11(14)12(5-13(8)18(19)20)15-6-10-7-17(3)16-9(10)2/h4-5,7,15H,6H2,1-3H3. The van der Waals surface area contributed by atoms with Gasteiger partial charge in [-0.1, -0.05) is 0 Å². The van der Waals surface area contributed by atoms with Crippen LogP contribution in [0.2, 0.25) is 0 Å². The van der Waals surface area contributed by atoms with Gasteiger partial charge in [0.15, 0.2) is 0 Å². The first-order valence-electron chi connectivity index (χ1n) is 6.06. The molecule has 0 amide bonds. The molecule has 7 heteroatoms. The lowest BCUT2D eigenvalue weighted by Gasteiger charge is -2.09. The van der Waals surface area contributed by atoms with Crippen LogP contribution in [-0.4, -0.2) is 14.7 Å². The fourth-order valence-electron chi connectivity index (χ4n) is 2.01. The molecule has 0 aliphatic rings. The van der Waals surface area contributed by atoms with Crippen LogP contribution in [0.3, 0.4) is 0 Å². The smallest absolute Gasteiger partial charge is 0.274 e. The Morgan fingerprint density at radius 1 is 1.45 bits per heavy atom. The highest BCUT2D eigenvalue weighted by molar-refractivity contribution is 9.10. The van der Waals surface area contributed by atoms with Gasteiger partial charge in [-0.25, -0.2) is 0 Å². The summed E-state index contributed by atoms with van der Waals surface area (Å²) in [4.78, 5) is 10.6. The van der Waals surface area contributed by atoms with Crippen molar-refractivity contribution in [2.45, 2.75) is 20.4 Å². The van der Waals surface area contributed by atoms with E-state index < -0.39 is 0 Å². The fraction of sp³-hybridized carbons (Fsp3) is 0.308. The lowest BCUT2D eigenvalue weighted by atomic mass is 10.1. The van der Waals surface area contributed by atoms with Crippen molar-refractivity contribution >= 4 is 27.3 Å². The number of hydrogen-bond acceptors (Lipinski definition) is 4. The van der Waals surface area contributed by atoms with Crippen LogP contribution in [0.1, 0.15) is 16.8 Å². The topological polar surface area (TPSA) is 73.0 Å². The highest BCUT2D eigenvalue weighted by Gasteiger charge is 2.14. The molecule has 0 fully saturated rings. The molecular weight excluding hydrogens is 324 g/mol. The van der Waals surface area contributed by atoms with Gasteiger partial charge in [0.25, 0.3) is 5.69 Å². The van der Waals surface area contributed by atoms with E-state index in [1.165, 1.54) is 0 Å². The van der Waals surface area contributed by atoms with E-state index in [0.717, 1.165) is 15.7 Å². The van der Waals surface area contributed by atoms with Gasteiger partial charge in [-0.15, -0.1) is 0 Å². The van der Waals surface area contributed by atoms with Crippen molar-refractivity contribution in [1.29, 1.82) is 0 Å². The van der Waals surface area contributed by atoms with Crippen LogP contribution in [0.5, 0.6) is 0 Å². The predicted molar refractivity (Wildman–Crippen MR) is 80.8 cm³/mol. The van der Waals surface area contributed by atoms with Gasteiger partial charge in [-0.3, -0.25) is 14.8 Å². The number of rotatable bonds is 4. The van der Waals surface area contributed by atoms with Crippen LogP contribution in [0.4, 0.5) is 11.4 Å². The molecule has 106 valence electrons. The van der Waals surface area contributed by atoms with Gasteiger partial charge in [0.05, 0.1) is 16.3 Å². The van der Waals surface area contributed by atoms with Gasteiger partial charge >= 0.3 is 0 Å². The summed E-state index contributed by atoms with van der Waals surface area (Å²) in [5, 5.41) is 18.4. The number of aromatic nitrogens is 2. The molecule has 2 rings (SSSR count). The number of benzene rings is 1. The number of nitro benzene ring substituents is 1. The zero-order valence-electron chi connectivity index (χ0n) is 11.5. The van der Waals surface area contributed by atoms with Crippen molar-refractivity contribution in [2.75, 3.05) is 5.32 Å². The summed E-state index contributed by atoms with van der Waals surface area (Å²) in [5.74, 6) is 0. The Kier molecular flexibility index (Phi) is 4.08. The molecule has 0 saturated heterocycles. The summed E-state index contributed by atoms with van der Waals surface area (Å²) in [7, 11) is 1.86. The summed E-state index contributed by atoms with van der Waals surface area (Å²) in [6.07, 6.45) is 1.93. The van der Waals surface area contributed by atoms with E-state index >= 15 is 0 Å². The SMILES string of the molecule is Cc1cc(Br)c(NCc2cn(C)nc2C)cc1[N+](=O)[O-]. The van der Waals surface area contributed by atoms with Gasteiger partial charge < -0.3 is 5.32 Å². The Labute approximate surface area is 125 Å². The molecule has 0 unspecified atom stereocenters. The van der Waals surface area contributed by atoms with Crippen LogP contribution in [0.25, 0.3) is 0 Å². The van der Waals surface area contributed by atoms with Gasteiger partial charge in [-0.2, -0.15) is 5.10 Å². The van der Waals surface area contributed by atoms with E-state index in [4.69, 9.17) is 0 Å². The lowest BCUT2D eigenvalue weighted by Crippen LogP contribution is -2.02. The number of nitro groups is 1. The van der Waals surface area contributed by atoms with Crippen molar-refractivity contribution in [1.82, 2.24) is 9.78 Å². The largest absolute Gasteiger partial charge is 0.380 e. The maximum Gasteiger partial charge on any atom is 0.274 e. The Balaban J connectivity index is 2.23. The molecule has 1 aromatic carbocycles. The van der Waals surface area contributed by atoms with Gasteiger partial charge in [-0.05, 0) is 35.8 Å². The van der Waals surface area contributed by atoms with Crippen LogP contribution in [0.15, 0.2) is 22.8 Å². The molecule has 1 aromatic heterocycles. The van der Waals surface area contributed by atoms with Gasteiger partial charge in [0.2, 0.25) is 0 Å². The van der Waals surface area contributed by atoms with Crippen molar-refractivity contribution in [3.8, 4) is 0 Å². The third-order valence-electron chi connectivity index (χ3n) is 3.07. The van der Waals surface area contributed by atoms with Crippen LogP contribution in [0, 0.1) is 24.0 Å². The molecule has 0 saturated carbocycles. The van der Waals surface area contributed by atoms with E-state index in [1.807, 2.05) is 20.2 Å². The average Bonchev–Trinajstić information content (AvgIpc) is 2.66. The molecule has 0 radical (unpaired) electrons. The Hall–Kier alpha value is -1.89. The normalized spacial score (nSPS) is 10.6. The first-order valence-corrected chi connectivity index (χ1v) is 6.85. The van der Waals surface area contributed by atoms with Crippen LogP contribution in [-0.2, 0) is 13.6 Å². The van der Waals surface area contributed by atoms with Crippen molar-refractivity contribution in [2.24, 2.45) is 7.05 Å². The van der Waals surface area contributed by atoms with E-state index in [-0.39, 0.29) is 10.6 Å². The number of nitrogens with one attached hydrogen (secondary N) is 1. The quantitative estimate of drug-likeness (QED) is 0.685. The van der Waals surface area contributed by atoms with Crippen molar-refractivity contribution in [3.05, 3.63) is 49.7 Å². The number of aryl methyl sites for hydroxylation is 3. The maximum absolute atomic E-state index is 11.0. The monoisotopic (exact) mass is 338 g/mol. The number of nitrogens with zero attached hydrogens (tertiary/aromatic N) is 3. The predicted octanol–water partition coefficient (Wildman–Crippen LogP) is 3.32. The summed E-state index contributed by atoms with van der Waals surface area (Å²) >= 11 is 3.42. The highest BCUT2D eigenvalue weighted by atomic mass is 79.9. The molecule has 0 aliphatic heterocycles. The highest BCUT2D eigenvalue weighted by Crippen LogP contribution is 2.31. The van der Waals surface area contributed by atoms with E-state index in [0.29, 0.717) is 17.8 Å². The molecule has 0 spiro atoms. The van der Waals surface area contributed by atoms with E-state index in [1.54, 1.807) is 23.7 Å². The second-order valence-corrected chi connectivity index (χ2v) is 5.50. The summed E-state index contributed by atoms with van der Waals surface area (Å²) in [6.45, 7) is 4.22. The lowest BCUT2D eigenvalue weighted by molar-refractivity contribution is -0.385. The average molecular weight is 339 g/mol. The third-order valence-corrected chi connectivity index (χ3v) is 3.72. The second-order valence-electron chi connectivity index (χ2n) is 4.64. The zero-order chi connectivity index (χ0) is 14.9. The summed E-state index contributed by atoms with van der Waals surface area (Å²) < 4.78 is 2.56. The van der Waals surface area contributed by atoms with Gasteiger partial charge in [0.1, 0.15) is 0 Å². The zero-order valence-corrected chi connectivity index (χ0v) is 13.1. The second kappa shape index (κ2) is 5.62. The molecule has 20 heavy (non-hydrogen) atoms. The van der Waals surface area contributed by atoms with Gasteiger partial charge in [0, 0.05) is 41.5 Å². The molecular formula is C13H15BrN4O2. The number of anilines is 1. The first-order chi connectivity index (χ1) is 9.38. The Bertz CT molecular complexity index is 667. The fourth-order valence-corrected chi connectivity index (χ4v) is 2.60. The molecule has 1 N–H and O–H groups in total. The number of hydrogen-bond donors (Lipinski definition) is 1. The van der Waals surface area contributed by atoms with E-state index in [9.17, 15) is 10.1 Å². The first kappa shape index (κ1) is 14.5. The number of halogens is 1. The van der Waals surface area contributed by atoms with Crippen LogP contribution < -0.4 is 5.32 Å². The Morgan fingerprint density at radius 2 is 2.15 bits per heavy atom. The summed E-state index contributed by atoms with van der Waals surface area (Å²) in [6, 6.07) is 3.29. The molecule has 6 nitrogen and oxygen atoms in total. The van der Waals surface area contributed by atoms with Crippen molar-refractivity contribution < 1.29 is 4.92 Å². The Morgan fingerprint density at radius 3 is 2.70 bits per heavy atom. The third kappa shape index (κ3) is 2.98. The minimum Gasteiger partial charge on any atom is -0.380 e. The molecule has 0 aliphatic carbocycles. The maximum atomic E-state index is 11.0.